The Morgan fingerprint density at radius 2 is 1.93 bits per heavy atom. The Hall–Kier alpha value is -3.59. The monoisotopic (exact) mass is 562 g/mol. The number of urea groups is 1. The molecule has 2 amide bonds. The van der Waals surface area contributed by atoms with Crippen molar-refractivity contribution in [3.8, 4) is 22.6 Å². The average Bonchev–Trinajstić information content (AvgIpc) is 2.94. The van der Waals surface area contributed by atoms with Crippen molar-refractivity contribution < 1.29 is 14.3 Å². The number of amides is 2. The molecule has 0 radical (unpaired) electrons. The van der Waals surface area contributed by atoms with Gasteiger partial charge < -0.3 is 25.4 Å². The van der Waals surface area contributed by atoms with E-state index in [1.165, 1.54) is 25.7 Å². The minimum atomic E-state index is -0.409. The molecule has 0 spiro atoms. The minimum absolute atomic E-state index is 0.342. The summed E-state index contributed by atoms with van der Waals surface area (Å²) in [5.74, 6) is 2.57. The molecule has 4 rings (SSSR count). The third-order valence-electron chi connectivity index (χ3n) is 7.09. The first kappa shape index (κ1) is 30.4. The Bertz CT molecular complexity index is 1300. The number of rotatable bonds is 12. The molecule has 4 N–H and O–H groups in total. The molecule has 0 bridgehead atoms. The van der Waals surface area contributed by atoms with Crippen LogP contribution in [0.2, 0.25) is 0 Å². The third kappa shape index (κ3) is 8.95. The second-order valence-corrected chi connectivity index (χ2v) is 11.7. The van der Waals surface area contributed by atoms with Gasteiger partial charge in [0.1, 0.15) is 23.1 Å². The van der Waals surface area contributed by atoms with Crippen LogP contribution in [-0.4, -0.2) is 54.4 Å². The second kappa shape index (κ2) is 14.3. The summed E-state index contributed by atoms with van der Waals surface area (Å²) in [5.41, 5.74) is 1.64. The van der Waals surface area contributed by atoms with Gasteiger partial charge in [-0.3, -0.25) is 5.32 Å². The molecule has 2 aromatic heterocycles. The molecule has 1 unspecified atom stereocenters. The maximum atomic E-state index is 13.0. The lowest BCUT2D eigenvalue weighted by molar-refractivity contribution is 0.243. The SMILES string of the molecule is CCCCCNc1ccc2cc(-c3cc(OCCC4CCCCN4)ccc3OC)c(NC(=O)NC(C)(C)C)nc2n1. The number of benzene rings is 1. The smallest absolute Gasteiger partial charge is 0.320 e. The van der Waals surface area contributed by atoms with E-state index in [0.29, 0.717) is 29.9 Å². The number of nitrogens with zero attached hydrogens (tertiary/aromatic N) is 2. The molecule has 3 heterocycles. The fourth-order valence-corrected chi connectivity index (χ4v) is 5.00. The van der Waals surface area contributed by atoms with Crippen molar-refractivity contribution in [2.24, 2.45) is 0 Å². The van der Waals surface area contributed by atoms with E-state index < -0.39 is 5.54 Å². The van der Waals surface area contributed by atoms with Crippen LogP contribution in [0.1, 0.15) is 72.6 Å². The fourth-order valence-electron chi connectivity index (χ4n) is 5.00. The van der Waals surface area contributed by atoms with Crippen molar-refractivity contribution in [2.75, 3.05) is 37.4 Å². The molecule has 222 valence electrons. The lowest BCUT2D eigenvalue weighted by Crippen LogP contribution is -2.43. The highest BCUT2D eigenvalue weighted by atomic mass is 16.5. The van der Waals surface area contributed by atoms with Gasteiger partial charge in [-0.2, -0.15) is 0 Å². The number of pyridine rings is 2. The van der Waals surface area contributed by atoms with E-state index >= 15 is 0 Å². The van der Waals surface area contributed by atoms with Crippen molar-refractivity contribution >= 4 is 28.7 Å². The maximum Gasteiger partial charge on any atom is 0.320 e. The van der Waals surface area contributed by atoms with E-state index in [-0.39, 0.29) is 6.03 Å². The van der Waals surface area contributed by atoms with Gasteiger partial charge in [-0.15, -0.1) is 0 Å². The number of ether oxygens (including phenoxy) is 2. The van der Waals surface area contributed by atoms with Gasteiger partial charge in [0, 0.05) is 34.6 Å². The van der Waals surface area contributed by atoms with E-state index in [0.717, 1.165) is 60.4 Å². The molecular formula is C32H46N6O3. The van der Waals surface area contributed by atoms with Crippen LogP contribution in [0.4, 0.5) is 16.4 Å². The van der Waals surface area contributed by atoms with E-state index in [4.69, 9.17) is 19.4 Å². The van der Waals surface area contributed by atoms with Gasteiger partial charge in [0.25, 0.3) is 0 Å². The summed E-state index contributed by atoms with van der Waals surface area (Å²) in [6.45, 7) is 10.5. The number of anilines is 2. The largest absolute Gasteiger partial charge is 0.496 e. The Morgan fingerprint density at radius 3 is 2.66 bits per heavy atom. The van der Waals surface area contributed by atoms with Crippen molar-refractivity contribution in [3.05, 3.63) is 36.4 Å². The molecule has 1 atom stereocenters. The van der Waals surface area contributed by atoms with Crippen LogP contribution in [0.25, 0.3) is 22.2 Å². The predicted octanol–water partition coefficient (Wildman–Crippen LogP) is 6.74. The number of carbonyl (C=O) groups is 1. The number of fused-ring (bicyclic) bond motifs is 1. The Kier molecular flexibility index (Phi) is 10.6. The third-order valence-corrected chi connectivity index (χ3v) is 7.09. The van der Waals surface area contributed by atoms with Gasteiger partial charge in [-0.1, -0.05) is 26.2 Å². The molecule has 41 heavy (non-hydrogen) atoms. The zero-order chi connectivity index (χ0) is 29.2. The van der Waals surface area contributed by atoms with Crippen LogP contribution in [0.3, 0.4) is 0 Å². The van der Waals surface area contributed by atoms with Crippen LogP contribution in [0.5, 0.6) is 11.5 Å². The molecule has 1 aromatic carbocycles. The van der Waals surface area contributed by atoms with Crippen LogP contribution in [-0.2, 0) is 0 Å². The summed E-state index contributed by atoms with van der Waals surface area (Å²) in [7, 11) is 1.64. The molecule has 9 nitrogen and oxygen atoms in total. The quantitative estimate of drug-likeness (QED) is 0.181. The summed E-state index contributed by atoms with van der Waals surface area (Å²) in [6.07, 6.45) is 8.07. The predicted molar refractivity (Wildman–Crippen MR) is 167 cm³/mol. The van der Waals surface area contributed by atoms with E-state index in [1.807, 2.05) is 57.2 Å². The summed E-state index contributed by atoms with van der Waals surface area (Å²) in [5, 5.41) is 13.7. The highest BCUT2D eigenvalue weighted by Crippen LogP contribution is 2.38. The number of hydrogen-bond donors (Lipinski definition) is 4. The zero-order valence-corrected chi connectivity index (χ0v) is 25.2. The average molecular weight is 563 g/mol. The minimum Gasteiger partial charge on any atom is -0.496 e. The van der Waals surface area contributed by atoms with Crippen LogP contribution < -0.4 is 30.7 Å². The van der Waals surface area contributed by atoms with Gasteiger partial charge in [0.2, 0.25) is 0 Å². The molecule has 1 aliphatic rings. The first-order valence-corrected chi connectivity index (χ1v) is 14.9. The van der Waals surface area contributed by atoms with Gasteiger partial charge in [-0.05, 0) is 89.4 Å². The van der Waals surface area contributed by atoms with E-state index in [2.05, 4.69) is 28.2 Å². The van der Waals surface area contributed by atoms with Crippen molar-refractivity contribution in [1.29, 1.82) is 0 Å². The van der Waals surface area contributed by atoms with Gasteiger partial charge in [0.15, 0.2) is 5.65 Å². The van der Waals surface area contributed by atoms with Crippen LogP contribution in [0, 0.1) is 0 Å². The standard InChI is InChI=1S/C32H46N6O3/c1-6-7-9-18-34-28-15-12-22-20-26(30(36-29(22)35-28)37-31(39)38-32(2,3)4)25-21-24(13-14-27(25)40-5)41-19-16-23-11-8-10-17-33-23/h12-15,20-21,23,33H,6-11,16-19H2,1-5H3,(H3,34,35,36,37,38,39). The zero-order valence-electron chi connectivity index (χ0n) is 25.2. The Morgan fingerprint density at radius 1 is 1.07 bits per heavy atom. The number of piperidine rings is 1. The molecule has 0 aliphatic carbocycles. The highest BCUT2D eigenvalue weighted by molar-refractivity contribution is 5.97. The van der Waals surface area contributed by atoms with Crippen molar-refractivity contribution in [2.45, 2.75) is 84.2 Å². The summed E-state index contributed by atoms with van der Waals surface area (Å²) >= 11 is 0. The second-order valence-electron chi connectivity index (χ2n) is 11.7. The summed E-state index contributed by atoms with van der Waals surface area (Å²) < 4.78 is 11.9. The number of hydrogen-bond acceptors (Lipinski definition) is 7. The van der Waals surface area contributed by atoms with E-state index in [9.17, 15) is 4.79 Å². The number of carbonyl (C=O) groups excluding carboxylic acids is 1. The molecule has 3 aromatic rings. The van der Waals surface area contributed by atoms with Crippen LogP contribution >= 0.6 is 0 Å². The number of methoxy groups -OCH3 is 1. The molecule has 9 heteroatoms. The van der Waals surface area contributed by atoms with Gasteiger partial charge in [-0.25, -0.2) is 14.8 Å². The Labute approximate surface area is 244 Å². The van der Waals surface area contributed by atoms with Crippen molar-refractivity contribution in [3.63, 3.8) is 0 Å². The van der Waals surface area contributed by atoms with E-state index in [1.54, 1.807) is 7.11 Å². The van der Waals surface area contributed by atoms with Gasteiger partial charge >= 0.3 is 6.03 Å². The maximum absolute atomic E-state index is 13.0. The number of nitrogens with one attached hydrogen (secondary N) is 4. The number of unbranched alkanes of at least 4 members (excludes halogenated alkanes) is 2. The molecule has 1 aliphatic heterocycles. The van der Waals surface area contributed by atoms with Crippen LogP contribution in [0.15, 0.2) is 36.4 Å². The lowest BCUT2D eigenvalue weighted by Gasteiger charge is -2.23. The van der Waals surface area contributed by atoms with Crippen molar-refractivity contribution in [1.82, 2.24) is 20.6 Å². The first-order chi connectivity index (χ1) is 19.8. The topological polar surface area (TPSA) is 109 Å². The van der Waals surface area contributed by atoms with Gasteiger partial charge in [0.05, 0.1) is 13.7 Å². The molecule has 1 fully saturated rings. The summed E-state index contributed by atoms with van der Waals surface area (Å²) in [6, 6.07) is 11.9. The first-order valence-electron chi connectivity index (χ1n) is 14.9. The molecule has 1 saturated heterocycles. The fraction of sp³-hybridized carbons (Fsp3) is 0.531. The molecule has 0 saturated carbocycles. The highest BCUT2D eigenvalue weighted by Gasteiger charge is 2.20. The number of aromatic nitrogens is 2. The molecular weight excluding hydrogens is 516 g/mol. The summed E-state index contributed by atoms with van der Waals surface area (Å²) in [4.78, 5) is 22.5. The Balaban J connectivity index is 1.65. The normalized spacial score (nSPS) is 15.4. The lowest BCUT2D eigenvalue weighted by atomic mass is 10.0.